The van der Waals surface area contributed by atoms with Crippen LogP contribution in [0.2, 0.25) is 0 Å². The van der Waals surface area contributed by atoms with E-state index in [0.29, 0.717) is 0 Å². The molecule has 3 fully saturated rings. The molecule has 0 radical (unpaired) electrons. The van der Waals surface area contributed by atoms with Crippen molar-refractivity contribution < 1.29 is 4.74 Å². The van der Waals surface area contributed by atoms with E-state index in [1.54, 1.807) is 0 Å². The average molecular weight is 189 g/mol. The first-order valence-electron chi connectivity index (χ1n) is 5.45. The summed E-state index contributed by atoms with van der Waals surface area (Å²) < 4.78 is 5.99. The van der Waals surface area contributed by atoms with Crippen LogP contribution in [0.4, 0.5) is 0 Å². The Morgan fingerprint density at radius 3 is 2.71 bits per heavy atom. The molecular weight excluding hydrogens is 174 g/mol. The molecule has 2 saturated heterocycles. The molecule has 1 saturated carbocycles. The summed E-state index contributed by atoms with van der Waals surface area (Å²) in [7, 11) is 0. The van der Waals surface area contributed by atoms with Crippen molar-refractivity contribution in [1.82, 2.24) is 4.98 Å². The molecule has 4 rings (SSSR count). The Bertz CT molecular complexity index is 301. The largest absolute Gasteiger partial charge is 0.368 e. The normalized spacial score (nSPS) is 35.9. The Kier molecular flexibility index (Phi) is 1.84. The van der Waals surface area contributed by atoms with E-state index in [0.717, 1.165) is 31.1 Å². The maximum absolute atomic E-state index is 5.99. The molecule has 0 unspecified atom stereocenters. The number of rotatable bonds is 1. The molecule has 1 aliphatic carbocycles. The van der Waals surface area contributed by atoms with E-state index < -0.39 is 0 Å². The van der Waals surface area contributed by atoms with E-state index in [4.69, 9.17) is 4.74 Å². The number of fused-ring (bicyclic) bond motifs is 3. The number of hydrogen-bond donors (Lipinski definition) is 0. The molecule has 0 spiro atoms. The van der Waals surface area contributed by atoms with Gasteiger partial charge in [-0.2, -0.15) is 0 Å². The van der Waals surface area contributed by atoms with Crippen LogP contribution in [-0.4, -0.2) is 11.6 Å². The van der Waals surface area contributed by atoms with Gasteiger partial charge in [0.25, 0.3) is 0 Å². The van der Waals surface area contributed by atoms with Crippen LogP contribution in [0.3, 0.4) is 0 Å². The number of ether oxygens (including phenoxy) is 1. The predicted octanol–water partition coefficient (Wildman–Crippen LogP) is 2.50. The molecule has 1 aromatic heterocycles. The fraction of sp³-hybridized carbons (Fsp3) is 0.583. The van der Waals surface area contributed by atoms with Crippen molar-refractivity contribution in [2.24, 2.45) is 5.92 Å². The van der Waals surface area contributed by atoms with Gasteiger partial charge in [0.15, 0.2) is 0 Å². The molecule has 0 N–H and O–H groups in total. The van der Waals surface area contributed by atoms with Gasteiger partial charge in [-0.05, 0) is 43.7 Å². The van der Waals surface area contributed by atoms with Gasteiger partial charge in [0.05, 0.1) is 12.3 Å². The summed E-state index contributed by atoms with van der Waals surface area (Å²) in [5.41, 5.74) is 1.11. The van der Waals surface area contributed by atoms with E-state index in [-0.39, 0.29) is 5.60 Å². The standard InChI is InChI=1S/C12H15NO/c1-2-8-13-11(3-1)12-6-4-10(5-7-12)9-14-12/h1-3,8,10H,4-7,9H2. The first kappa shape index (κ1) is 8.42. The van der Waals surface area contributed by atoms with Gasteiger partial charge in [-0.15, -0.1) is 0 Å². The molecule has 2 heteroatoms. The second kappa shape index (κ2) is 3.06. The lowest BCUT2D eigenvalue weighted by Crippen LogP contribution is -2.43. The van der Waals surface area contributed by atoms with Crippen LogP contribution in [0.15, 0.2) is 24.4 Å². The maximum Gasteiger partial charge on any atom is 0.110 e. The third-order valence-electron chi connectivity index (χ3n) is 3.64. The minimum Gasteiger partial charge on any atom is -0.368 e. The molecule has 3 heterocycles. The van der Waals surface area contributed by atoms with Gasteiger partial charge in [0.1, 0.15) is 5.60 Å². The highest BCUT2D eigenvalue weighted by Crippen LogP contribution is 2.46. The van der Waals surface area contributed by atoms with Gasteiger partial charge in [-0.1, -0.05) is 6.07 Å². The van der Waals surface area contributed by atoms with Gasteiger partial charge >= 0.3 is 0 Å². The van der Waals surface area contributed by atoms with Crippen molar-refractivity contribution in [1.29, 1.82) is 0 Å². The average Bonchev–Trinajstić information content (AvgIpc) is 2.33. The number of hydrogen-bond acceptors (Lipinski definition) is 2. The van der Waals surface area contributed by atoms with E-state index in [1.807, 2.05) is 12.3 Å². The summed E-state index contributed by atoms with van der Waals surface area (Å²) in [6.07, 6.45) is 6.82. The van der Waals surface area contributed by atoms with Crippen molar-refractivity contribution >= 4 is 0 Å². The molecule has 2 aliphatic heterocycles. The highest BCUT2D eigenvalue weighted by atomic mass is 16.5. The fourth-order valence-corrected chi connectivity index (χ4v) is 2.69. The molecule has 3 aliphatic rings. The first-order valence-corrected chi connectivity index (χ1v) is 5.45. The minimum atomic E-state index is -0.0317. The van der Waals surface area contributed by atoms with Crippen molar-refractivity contribution in [2.45, 2.75) is 31.3 Å². The molecule has 14 heavy (non-hydrogen) atoms. The third-order valence-corrected chi connectivity index (χ3v) is 3.64. The van der Waals surface area contributed by atoms with Crippen molar-refractivity contribution in [2.75, 3.05) is 6.61 Å². The second-order valence-electron chi connectivity index (χ2n) is 4.46. The molecular formula is C12H15NO. The molecule has 2 bridgehead atoms. The zero-order valence-corrected chi connectivity index (χ0v) is 8.28. The van der Waals surface area contributed by atoms with Crippen molar-refractivity contribution in [3.05, 3.63) is 30.1 Å². The highest BCUT2D eigenvalue weighted by Gasteiger charge is 2.43. The monoisotopic (exact) mass is 189 g/mol. The van der Waals surface area contributed by atoms with E-state index in [1.165, 1.54) is 12.8 Å². The van der Waals surface area contributed by atoms with Gasteiger partial charge in [0.2, 0.25) is 0 Å². The summed E-state index contributed by atoms with van der Waals surface area (Å²) in [5.74, 6) is 0.820. The van der Waals surface area contributed by atoms with Gasteiger partial charge in [-0.3, -0.25) is 4.98 Å². The van der Waals surface area contributed by atoms with Crippen molar-refractivity contribution in [3.63, 3.8) is 0 Å². The molecule has 0 amide bonds. The molecule has 0 aromatic carbocycles. The number of aromatic nitrogens is 1. The third kappa shape index (κ3) is 1.17. The molecule has 0 atom stereocenters. The summed E-state index contributed by atoms with van der Waals surface area (Å²) >= 11 is 0. The zero-order chi connectivity index (χ0) is 9.43. The summed E-state index contributed by atoms with van der Waals surface area (Å²) in [6, 6.07) is 6.13. The van der Waals surface area contributed by atoms with Gasteiger partial charge < -0.3 is 4.74 Å². The quantitative estimate of drug-likeness (QED) is 0.677. The zero-order valence-electron chi connectivity index (χ0n) is 8.28. The lowest BCUT2D eigenvalue weighted by atomic mass is 9.74. The Morgan fingerprint density at radius 1 is 1.29 bits per heavy atom. The van der Waals surface area contributed by atoms with Gasteiger partial charge in [0, 0.05) is 6.20 Å². The van der Waals surface area contributed by atoms with E-state index in [9.17, 15) is 0 Å². The van der Waals surface area contributed by atoms with Crippen molar-refractivity contribution in [3.8, 4) is 0 Å². The Morgan fingerprint density at radius 2 is 2.14 bits per heavy atom. The predicted molar refractivity (Wildman–Crippen MR) is 53.8 cm³/mol. The fourth-order valence-electron chi connectivity index (χ4n) is 2.69. The van der Waals surface area contributed by atoms with Crippen LogP contribution in [0, 0.1) is 5.92 Å². The van der Waals surface area contributed by atoms with Gasteiger partial charge in [-0.25, -0.2) is 0 Å². The topological polar surface area (TPSA) is 22.1 Å². The summed E-state index contributed by atoms with van der Waals surface area (Å²) in [6.45, 7) is 0.941. The van der Waals surface area contributed by atoms with E-state index in [2.05, 4.69) is 17.1 Å². The maximum atomic E-state index is 5.99. The Hall–Kier alpha value is -0.890. The lowest BCUT2D eigenvalue weighted by Gasteiger charge is -2.45. The van der Waals surface area contributed by atoms with E-state index >= 15 is 0 Å². The van der Waals surface area contributed by atoms with Crippen LogP contribution in [-0.2, 0) is 10.3 Å². The SMILES string of the molecule is c1ccc(C23CCC(CC2)CO3)nc1. The smallest absolute Gasteiger partial charge is 0.110 e. The summed E-state index contributed by atoms with van der Waals surface area (Å²) in [4.78, 5) is 4.45. The van der Waals surface area contributed by atoms with Crippen LogP contribution in [0.5, 0.6) is 0 Å². The Balaban J connectivity index is 1.96. The summed E-state index contributed by atoms with van der Waals surface area (Å²) in [5, 5.41) is 0. The van der Waals surface area contributed by atoms with Crippen LogP contribution in [0.1, 0.15) is 31.4 Å². The first-order chi connectivity index (χ1) is 6.89. The van der Waals surface area contributed by atoms with Crippen LogP contribution < -0.4 is 0 Å². The number of nitrogens with zero attached hydrogens (tertiary/aromatic N) is 1. The molecule has 1 aromatic rings. The number of pyridine rings is 1. The molecule has 2 nitrogen and oxygen atoms in total. The van der Waals surface area contributed by atoms with Crippen LogP contribution in [0.25, 0.3) is 0 Å². The second-order valence-corrected chi connectivity index (χ2v) is 4.46. The minimum absolute atomic E-state index is 0.0317. The Labute approximate surface area is 84.3 Å². The highest BCUT2D eigenvalue weighted by molar-refractivity contribution is 5.15. The molecule has 74 valence electrons. The lowest BCUT2D eigenvalue weighted by molar-refractivity contribution is -0.152. The van der Waals surface area contributed by atoms with Crippen LogP contribution >= 0.6 is 0 Å².